The summed E-state index contributed by atoms with van der Waals surface area (Å²) in [7, 11) is 0. The van der Waals surface area contributed by atoms with E-state index in [1.807, 2.05) is 13.1 Å². The molecule has 2 aromatic carbocycles. The van der Waals surface area contributed by atoms with Gasteiger partial charge in [0.05, 0.1) is 12.2 Å². The SMILES string of the molecule is CCOC(=O)c1c[n+](-c2c(-c3cc(C(C)(C)C)cc(C(C)(C)C)c3)cccc2C(C)C)c(C)s1.[Cl-]. The van der Waals surface area contributed by atoms with Crippen molar-refractivity contribution in [2.24, 2.45) is 0 Å². The van der Waals surface area contributed by atoms with E-state index < -0.39 is 0 Å². The smallest absolute Gasteiger partial charge is 0.354 e. The lowest BCUT2D eigenvalue weighted by atomic mass is 9.78. The highest BCUT2D eigenvalue weighted by molar-refractivity contribution is 7.13. The Kier molecular flexibility index (Phi) is 9.00. The molecular weight excluding hydrogens is 474 g/mol. The predicted molar refractivity (Wildman–Crippen MR) is 143 cm³/mol. The second-order valence-electron chi connectivity index (χ2n) is 11.4. The highest BCUT2D eigenvalue weighted by Crippen LogP contribution is 2.37. The summed E-state index contributed by atoms with van der Waals surface area (Å²) in [5.41, 5.74) is 7.53. The van der Waals surface area contributed by atoms with Crippen LogP contribution in [0, 0.1) is 6.92 Å². The van der Waals surface area contributed by atoms with E-state index in [1.165, 1.54) is 39.2 Å². The molecule has 0 radical (unpaired) electrons. The summed E-state index contributed by atoms with van der Waals surface area (Å²) in [5, 5.41) is 1.06. The quantitative estimate of drug-likeness (QED) is 0.359. The van der Waals surface area contributed by atoms with Gasteiger partial charge in [-0.05, 0) is 46.4 Å². The number of carbonyl (C=O) groups is 1. The first-order valence-corrected chi connectivity index (χ1v) is 13.0. The second kappa shape index (κ2) is 10.8. The van der Waals surface area contributed by atoms with E-state index in [2.05, 4.69) is 103 Å². The number of thiazole rings is 1. The Morgan fingerprint density at radius 1 is 1.00 bits per heavy atom. The summed E-state index contributed by atoms with van der Waals surface area (Å²) in [4.78, 5) is 13.1. The van der Waals surface area contributed by atoms with Gasteiger partial charge in [-0.3, -0.25) is 0 Å². The molecular formula is C30H40ClNO2S. The van der Waals surface area contributed by atoms with Crippen LogP contribution in [-0.4, -0.2) is 12.6 Å². The predicted octanol–water partition coefficient (Wildman–Crippen LogP) is 4.90. The number of para-hydroxylation sites is 1. The van der Waals surface area contributed by atoms with E-state index in [1.54, 1.807) is 0 Å². The number of aryl methyl sites for hydroxylation is 1. The number of hydrogen-bond donors (Lipinski definition) is 0. The molecule has 0 aliphatic rings. The second-order valence-corrected chi connectivity index (χ2v) is 12.6. The summed E-state index contributed by atoms with van der Waals surface area (Å²) in [6.07, 6.45) is 1.95. The number of ether oxygens (including phenoxy) is 1. The fourth-order valence-electron chi connectivity index (χ4n) is 4.14. The molecule has 0 fully saturated rings. The zero-order valence-corrected chi connectivity index (χ0v) is 24.4. The average molecular weight is 514 g/mol. The fourth-order valence-corrected chi connectivity index (χ4v) is 5.00. The number of aromatic nitrogens is 1. The number of esters is 1. The monoisotopic (exact) mass is 513 g/mol. The third-order valence-corrected chi connectivity index (χ3v) is 7.21. The third-order valence-electron chi connectivity index (χ3n) is 6.23. The summed E-state index contributed by atoms with van der Waals surface area (Å²) in [6, 6.07) is 13.6. The van der Waals surface area contributed by atoms with E-state index in [-0.39, 0.29) is 29.2 Å². The molecule has 0 unspecified atom stereocenters. The van der Waals surface area contributed by atoms with E-state index in [0.29, 0.717) is 17.4 Å². The molecule has 0 aliphatic carbocycles. The molecule has 1 heterocycles. The molecule has 0 saturated heterocycles. The van der Waals surface area contributed by atoms with Crippen LogP contribution in [0.5, 0.6) is 0 Å². The minimum absolute atomic E-state index is 0. The van der Waals surface area contributed by atoms with Crippen LogP contribution in [0.3, 0.4) is 0 Å². The Balaban J connectivity index is 0.00000432. The van der Waals surface area contributed by atoms with Gasteiger partial charge in [-0.1, -0.05) is 97.1 Å². The van der Waals surface area contributed by atoms with Gasteiger partial charge in [0.1, 0.15) is 0 Å². The van der Waals surface area contributed by atoms with Crippen molar-refractivity contribution in [3.8, 4) is 16.8 Å². The Hall–Kier alpha value is -2.17. The van der Waals surface area contributed by atoms with Crippen molar-refractivity contribution in [1.29, 1.82) is 0 Å². The van der Waals surface area contributed by atoms with Crippen LogP contribution in [0.2, 0.25) is 0 Å². The molecule has 0 saturated carbocycles. The van der Waals surface area contributed by atoms with Crippen molar-refractivity contribution in [2.45, 2.75) is 86.0 Å². The van der Waals surface area contributed by atoms with Gasteiger partial charge in [0, 0.05) is 12.5 Å². The number of nitrogens with zero attached hydrogens (tertiary/aromatic N) is 1. The minimum Gasteiger partial charge on any atom is -1.00 e. The Bertz CT molecular complexity index is 1160. The molecule has 0 bridgehead atoms. The lowest BCUT2D eigenvalue weighted by Gasteiger charge is -2.26. The third kappa shape index (κ3) is 6.34. The van der Waals surface area contributed by atoms with Crippen LogP contribution >= 0.6 is 11.3 Å². The molecule has 0 aliphatic heterocycles. The Morgan fingerprint density at radius 3 is 2.06 bits per heavy atom. The summed E-state index contributed by atoms with van der Waals surface area (Å²) < 4.78 is 7.47. The fraction of sp³-hybridized carbons (Fsp3) is 0.467. The van der Waals surface area contributed by atoms with Crippen LogP contribution in [0.1, 0.15) is 99.6 Å². The van der Waals surface area contributed by atoms with Gasteiger partial charge >= 0.3 is 5.97 Å². The van der Waals surface area contributed by atoms with Gasteiger partial charge in [0.2, 0.25) is 16.9 Å². The zero-order valence-electron chi connectivity index (χ0n) is 22.9. The van der Waals surface area contributed by atoms with Gasteiger partial charge in [-0.15, -0.1) is 0 Å². The first-order valence-electron chi connectivity index (χ1n) is 12.2. The highest BCUT2D eigenvalue weighted by Gasteiger charge is 2.29. The Morgan fingerprint density at radius 2 is 1.57 bits per heavy atom. The van der Waals surface area contributed by atoms with Crippen LogP contribution in [0.25, 0.3) is 16.8 Å². The molecule has 3 rings (SSSR count). The van der Waals surface area contributed by atoms with Crippen molar-refractivity contribution in [3.05, 3.63) is 69.2 Å². The van der Waals surface area contributed by atoms with E-state index >= 15 is 0 Å². The highest BCUT2D eigenvalue weighted by atomic mass is 35.5. The number of hydrogen-bond acceptors (Lipinski definition) is 3. The largest absolute Gasteiger partial charge is 1.00 e. The van der Waals surface area contributed by atoms with Gasteiger partial charge < -0.3 is 17.1 Å². The molecule has 35 heavy (non-hydrogen) atoms. The lowest BCUT2D eigenvalue weighted by molar-refractivity contribution is -0.596. The molecule has 0 N–H and O–H groups in total. The summed E-state index contributed by atoms with van der Waals surface area (Å²) in [5.74, 6) is 0.0726. The summed E-state index contributed by atoms with van der Waals surface area (Å²) in [6.45, 7) is 22.4. The van der Waals surface area contributed by atoms with Crippen molar-refractivity contribution < 1.29 is 26.5 Å². The maximum absolute atomic E-state index is 12.5. The van der Waals surface area contributed by atoms with E-state index in [9.17, 15) is 4.79 Å². The lowest BCUT2D eigenvalue weighted by Crippen LogP contribution is -3.00. The van der Waals surface area contributed by atoms with Gasteiger partial charge in [-0.25, -0.2) is 4.79 Å². The van der Waals surface area contributed by atoms with Crippen LogP contribution < -0.4 is 17.0 Å². The molecule has 0 amide bonds. The van der Waals surface area contributed by atoms with Gasteiger partial charge in [-0.2, -0.15) is 4.57 Å². The zero-order chi connectivity index (χ0) is 25.4. The molecule has 5 heteroatoms. The molecule has 0 atom stereocenters. The molecule has 0 spiro atoms. The van der Waals surface area contributed by atoms with Crippen molar-refractivity contribution in [1.82, 2.24) is 0 Å². The van der Waals surface area contributed by atoms with E-state index in [4.69, 9.17) is 4.74 Å². The molecule has 3 aromatic rings. The van der Waals surface area contributed by atoms with Gasteiger partial charge in [0.15, 0.2) is 4.88 Å². The average Bonchev–Trinajstić information content (AvgIpc) is 3.13. The maximum atomic E-state index is 12.5. The van der Waals surface area contributed by atoms with Crippen molar-refractivity contribution in [3.63, 3.8) is 0 Å². The standard InChI is InChI=1S/C30H40NO2S.ClH/c1-11-33-28(32)26-18-31(20(4)34-26)27-24(19(2)3)13-12-14-25(27)21-15-22(29(5,6)7)17-23(16-21)30(8,9)10;/h12-19H,11H2,1-10H3;1H/q+1;/p-1. The topological polar surface area (TPSA) is 30.2 Å². The van der Waals surface area contributed by atoms with Crippen molar-refractivity contribution >= 4 is 17.3 Å². The van der Waals surface area contributed by atoms with Gasteiger partial charge in [0.25, 0.3) is 0 Å². The minimum atomic E-state index is -0.261. The molecule has 3 nitrogen and oxygen atoms in total. The van der Waals surface area contributed by atoms with Crippen molar-refractivity contribution in [2.75, 3.05) is 6.61 Å². The number of rotatable bonds is 5. The molecule has 190 valence electrons. The first-order chi connectivity index (χ1) is 15.7. The first kappa shape index (κ1) is 29.1. The number of benzene rings is 2. The maximum Gasteiger partial charge on any atom is 0.354 e. The summed E-state index contributed by atoms with van der Waals surface area (Å²) >= 11 is 1.48. The van der Waals surface area contributed by atoms with Crippen LogP contribution in [-0.2, 0) is 15.6 Å². The Labute approximate surface area is 222 Å². The van der Waals surface area contributed by atoms with Crippen LogP contribution in [0.4, 0.5) is 0 Å². The van der Waals surface area contributed by atoms with E-state index in [0.717, 1.165) is 10.7 Å². The number of halogens is 1. The van der Waals surface area contributed by atoms with Crippen LogP contribution in [0.15, 0.2) is 42.6 Å². The number of carbonyl (C=O) groups excluding carboxylic acids is 1. The normalized spacial score (nSPS) is 12.0. The molecule has 1 aromatic heterocycles.